The molecule has 0 atom stereocenters. The lowest BCUT2D eigenvalue weighted by Gasteiger charge is -2.11. The van der Waals surface area contributed by atoms with Gasteiger partial charge in [0.05, 0.1) is 6.61 Å². The maximum Gasteiger partial charge on any atom is 0.357 e. The number of benzene rings is 1. The van der Waals surface area contributed by atoms with Crippen LogP contribution in [0.4, 0.5) is 10.8 Å². The second-order valence-electron chi connectivity index (χ2n) is 4.35. The fraction of sp³-hybridized carbons (Fsp3) is 0.333. The molecule has 0 spiro atoms. The maximum atomic E-state index is 11.6. The van der Waals surface area contributed by atoms with Crippen molar-refractivity contribution in [1.82, 2.24) is 4.98 Å². The first-order chi connectivity index (χ1) is 9.65. The molecule has 4 nitrogen and oxygen atoms in total. The Morgan fingerprint density at radius 2 is 2.20 bits per heavy atom. The van der Waals surface area contributed by atoms with Crippen molar-refractivity contribution in [3.05, 3.63) is 40.4 Å². The zero-order valence-electron chi connectivity index (χ0n) is 11.9. The van der Waals surface area contributed by atoms with Gasteiger partial charge in [-0.2, -0.15) is 0 Å². The lowest BCUT2D eigenvalue weighted by molar-refractivity contribution is 0.0520. The zero-order chi connectivity index (χ0) is 14.5. The van der Waals surface area contributed by atoms with E-state index in [0.717, 1.165) is 17.7 Å². The third-order valence-electron chi connectivity index (χ3n) is 2.96. The van der Waals surface area contributed by atoms with Gasteiger partial charge in [-0.3, -0.25) is 0 Å². The minimum atomic E-state index is -0.378. The van der Waals surface area contributed by atoms with Gasteiger partial charge in [0.2, 0.25) is 0 Å². The Bertz CT molecular complexity index is 608. The molecular weight excluding hydrogens is 272 g/mol. The summed E-state index contributed by atoms with van der Waals surface area (Å²) >= 11 is 1.40. The maximum absolute atomic E-state index is 11.6. The topological polar surface area (TPSA) is 51.2 Å². The Hall–Kier alpha value is -1.88. The van der Waals surface area contributed by atoms with Crippen molar-refractivity contribution in [2.75, 3.05) is 11.9 Å². The fourth-order valence-corrected chi connectivity index (χ4v) is 2.62. The number of nitrogens with one attached hydrogen (secondary N) is 1. The van der Waals surface area contributed by atoms with Crippen LogP contribution >= 0.6 is 11.3 Å². The molecule has 5 heteroatoms. The third-order valence-corrected chi connectivity index (χ3v) is 3.72. The summed E-state index contributed by atoms with van der Waals surface area (Å²) in [5.41, 5.74) is 3.82. The molecule has 0 aliphatic rings. The van der Waals surface area contributed by atoms with Gasteiger partial charge in [-0.1, -0.05) is 25.1 Å². The van der Waals surface area contributed by atoms with Gasteiger partial charge in [0.25, 0.3) is 0 Å². The molecule has 20 heavy (non-hydrogen) atoms. The highest BCUT2D eigenvalue weighted by molar-refractivity contribution is 7.14. The normalized spacial score (nSPS) is 10.3. The summed E-state index contributed by atoms with van der Waals surface area (Å²) in [6.07, 6.45) is 0.945. The van der Waals surface area contributed by atoms with Gasteiger partial charge in [-0.25, -0.2) is 9.78 Å². The number of ether oxygens (including phenoxy) is 1. The third kappa shape index (κ3) is 3.17. The average molecular weight is 290 g/mol. The van der Waals surface area contributed by atoms with Crippen molar-refractivity contribution in [3.8, 4) is 0 Å². The summed E-state index contributed by atoms with van der Waals surface area (Å²) in [5, 5.41) is 5.73. The molecule has 1 aromatic carbocycles. The second-order valence-corrected chi connectivity index (χ2v) is 5.20. The number of hydrogen-bond acceptors (Lipinski definition) is 5. The fourth-order valence-electron chi connectivity index (χ4n) is 1.94. The van der Waals surface area contributed by atoms with Crippen LogP contribution in [-0.2, 0) is 11.2 Å². The molecule has 0 aliphatic heterocycles. The van der Waals surface area contributed by atoms with Crippen LogP contribution < -0.4 is 5.32 Å². The van der Waals surface area contributed by atoms with Crippen molar-refractivity contribution < 1.29 is 9.53 Å². The molecule has 0 saturated carbocycles. The quantitative estimate of drug-likeness (QED) is 0.848. The van der Waals surface area contributed by atoms with Gasteiger partial charge in [-0.05, 0) is 31.4 Å². The number of carbonyl (C=O) groups excluding carboxylic acids is 1. The molecule has 0 bridgehead atoms. The van der Waals surface area contributed by atoms with Crippen molar-refractivity contribution in [1.29, 1.82) is 0 Å². The summed E-state index contributed by atoms with van der Waals surface area (Å²) in [4.78, 5) is 15.9. The van der Waals surface area contributed by atoms with Gasteiger partial charge in [0, 0.05) is 11.1 Å². The first kappa shape index (κ1) is 14.5. The molecule has 1 heterocycles. The van der Waals surface area contributed by atoms with E-state index in [0.29, 0.717) is 17.4 Å². The number of thiazole rings is 1. The second kappa shape index (κ2) is 6.52. The number of carbonyl (C=O) groups is 1. The molecule has 2 rings (SSSR count). The van der Waals surface area contributed by atoms with Crippen LogP contribution in [-0.4, -0.2) is 17.6 Å². The van der Waals surface area contributed by atoms with Crippen LogP contribution in [0, 0.1) is 6.92 Å². The van der Waals surface area contributed by atoms with E-state index in [1.807, 2.05) is 6.07 Å². The number of hydrogen-bond donors (Lipinski definition) is 1. The minimum Gasteiger partial charge on any atom is -0.461 e. The van der Waals surface area contributed by atoms with Crippen molar-refractivity contribution in [2.24, 2.45) is 0 Å². The van der Waals surface area contributed by atoms with E-state index in [4.69, 9.17) is 4.74 Å². The summed E-state index contributed by atoms with van der Waals surface area (Å²) in [7, 11) is 0. The van der Waals surface area contributed by atoms with E-state index in [9.17, 15) is 4.79 Å². The first-order valence-corrected chi connectivity index (χ1v) is 7.51. The van der Waals surface area contributed by atoms with E-state index in [1.165, 1.54) is 16.9 Å². The van der Waals surface area contributed by atoms with E-state index in [-0.39, 0.29) is 5.97 Å². The van der Waals surface area contributed by atoms with Crippen LogP contribution in [0.1, 0.15) is 35.5 Å². The molecule has 0 aliphatic carbocycles. The summed E-state index contributed by atoms with van der Waals surface area (Å²) in [6.45, 7) is 6.31. The first-order valence-electron chi connectivity index (χ1n) is 6.63. The molecular formula is C15H18N2O2S. The molecule has 0 fully saturated rings. The van der Waals surface area contributed by atoms with Crippen LogP contribution in [0.25, 0.3) is 0 Å². The summed E-state index contributed by atoms with van der Waals surface area (Å²) in [6, 6.07) is 6.20. The predicted octanol–water partition coefficient (Wildman–Crippen LogP) is 3.93. The van der Waals surface area contributed by atoms with E-state index in [2.05, 4.69) is 36.3 Å². The molecule has 0 amide bonds. The highest BCUT2D eigenvalue weighted by Gasteiger charge is 2.13. The Morgan fingerprint density at radius 3 is 2.90 bits per heavy atom. The number of esters is 1. The number of aromatic nitrogens is 1. The Labute approximate surface area is 122 Å². The molecule has 0 radical (unpaired) electrons. The standard InChI is InChI=1S/C15H18N2O2S/c1-4-11-8-6-7-10(3)13(11)17-15-16-12(9-20-15)14(18)19-5-2/h6-9H,4-5H2,1-3H3,(H,16,17). The Balaban J connectivity index is 2.21. The lowest BCUT2D eigenvalue weighted by Crippen LogP contribution is -2.05. The minimum absolute atomic E-state index is 0.353. The van der Waals surface area contributed by atoms with Gasteiger partial charge in [-0.15, -0.1) is 11.3 Å². The SMILES string of the molecule is CCOC(=O)c1csc(Nc2c(C)cccc2CC)n1. The monoisotopic (exact) mass is 290 g/mol. The number of rotatable bonds is 5. The molecule has 1 N–H and O–H groups in total. The average Bonchev–Trinajstić information content (AvgIpc) is 2.90. The van der Waals surface area contributed by atoms with Gasteiger partial charge in [0.15, 0.2) is 10.8 Å². The summed E-state index contributed by atoms with van der Waals surface area (Å²) < 4.78 is 4.94. The number of aryl methyl sites for hydroxylation is 2. The Kier molecular flexibility index (Phi) is 4.74. The highest BCUT2D eigenvalue weighted by atomic mass is 32.1. The molecule has 1 aromatic heterocycles. The van der Waals surface area contributed by atoms with Crippen molar-refractivity contribution in [3.63, 3.8) is 0 Å². The van der Waals surface area contributed by atoms with Crippen molar-refractivity contribution in [2.45, 2.75) is 27.2 Å². The van der Waals surface area contributed by atoms with Gasteiger partial charge >= 0.3 is 5.97 Å². The van der Waals surface area contributed by atoms with Crippen LogP contribution in [0.15, 0.2) is 23.6 Å². The van der Waals surface area contributed by atoms with Gasteiger partial charge < -0.3 is 10.1 Å². The van der Waals surface area contributed by atoms with E-state index >= 15 is 0 Å². The number of para-hydroxylation sites is 1. The molecule has 0 saturated heterocycles. The number of anilines is 2. The molecule has 0 unspecified atom stereocenters. The lowest BCUT2D eigenvalue weighted by atomic mass is 10.1. The van der Waals surface area contributed by atoms with Crippen molar-refractivity contribution >= 4 is 28.1 Å². The summed E-state index contributed by atoms with van der Waals surface area (Å²) in [5.74, 6) is -0.378. The van der Waals surface area contributed by atoms with E-state index < -0.39 is 0 Å². The molecule has 2 aromatic rings. The molecule has 106 valence electrons. The van der Waals surface area contributed by atoms with E-state index in [1.54, 1.807) is 12.3 Å². The van der Waals surface area contributed by atoms with Gasteiger partial charge in [0.1, 0.15) is 0 Å². The predicted molar refractivity (Wildman–Crippen MR) is 81.9 cm³/mol. The van der Waals surface area contributed by atoms with Crippen LogP contribution in [0.2, 0.25) is 0 Å². The zero-order valence-corrected chi connectivity index (χ0v) is 12.7. The Morgan fingerprint density at radius 1 is 1.40 bits per heavy atom. The van der Waals surface area contributed by atoms with Crippen LogP contribution in [0.5, 0.6) is 0 Å². The van der Waals surface area contributed by atoms with Crippen LogP contribution in [0.3, 0.4) is 0 Å². The highest BCUT2D eigenvalue weighted by Crippen LogP contribution is 2.27. The number of nitrogens with zero attached hydrogens (tertiary/aromatic N) is 1. The smallest absolute Gasteiger partial charge is 0.357 e. The largest absolute Gasteiger partial charge is 0.461 e.